The zero-order chi connectivity index (χ0) is 14.2. The second-order valence-corrected chi connectivity index (χ2v) is 4.30. The highest BCUT2D eigenvalue weighted by Crippen LogP contribution is 2.22. The molecular weight excluding hydrogens is 252 g/mol. The number of anilines is 1. The third-order valence-corrected chi connectivity index (χ3v) is 3.00. The molecule has 1 aliphatic rings. The first-order valence-electron chi connectivity index (χ1n) is 5.71. The molecule has 1 amide bonds. The number of nitrogens with zero attached hydrogens (tertiary/aromatic N) is 3. The lowest BCUT2D eigenvalue weighted by Crippen LogP contribution is -2.51. The molecule has 19 heavy (non-hydrogen) atoms. The van der Waals surface area contributed by atoms with E-state index in [-0.39, 0.29) is 11.4 Å². The highest BCUT2D eigenvalue weighted by molar-refractivity contribution is 5.95. The maximum atomic E-state index is 12.3. The van der Waals surface area contributed by atoms with Crippen molar-refractivity contribution >= 4 is 11.6 Å². The van der Waals surface area contributed by atoms with Crippen molar-refractivity contribution in [2.24, 2.45) is 0 Å². The Morgan fingerprint density at radius 1 is 1.47 bits per heavy atom. The van der Waals surface area contributed by atoms with Gasteiger partial charge in [0.25, 0.3) is 5.91 Å². The molecule has 0 atom stereocenters. The number of carbonyl (C=O) groups is 1. The van der Waals surface area contributed by atoms with Crippen molar-refractivity contribution in [3.8, 4) is 5.75 Å². The van der Waals surface area contributed by atoms with Crippen LogP contribution in [0.4, 0.5) is 5.69 Å². The van der Waals surface area contributed by atoms with Gasteiger partial charge in [-0.25, -0.2) is 5.01 Å². The van der Waals surface area contributed by atoms with Gasteiger partial charge in [-0.05, 0) is 0 Å². The predicted molar refractivity (Wildman–Crippen MR) is 67.5 cm³/mol. The quantitative estimate of drug-likeness (QED) is 0.732. The van der Waals surface area contributed by atoms with Crippen molar-refractivity contribution < 1.29 is 14.6 Å². The van der Waals surface area contributed by atoms with Gasteiger partial charge in [-0.15, -0.1) is 0 Å². The van der Waals surface area contributed by atoms with E-state index in [2.05, 4.69) is 0 Å². The summed E-state index contributed by atoms with van der Waals surface area (Å²) in [6, 6.07) is 0. The molecule has 0 aliphatic carbocycles. The fourth-order valence-electron chi connectivity index (χ4n) is 2.03. The maximum Gasteiger partial charge on any atom is 0.288 e. The van der Waals surface area contributed by atoms with E-state index in [1.54, 1.807) is 12.1 Å². The number of methoxy groups -OCH3 is 1. The molecule has 0 aromatic carbocycles. The molecule has 1 aromatic heterocycles. The number of hydrazine groups is 1. The summed E-state index contributed by atoms with van der Waals surface area (Å²) in [5.74, 6) is -1.07. The number of pyridine rings is 1. The van der Waals surface area contributed by atoms with Gasteiger partial charge < -0.3 is 20.1 Å². The van der Waals surface area contributed by atoms with Gasteiger partial charge in [-0.1, -0.05) is 0 Å². The molecule has 3 N–H and O–H groups in total. The van der Waals surface area contributed by atoms with Crippen LogP contribution in [0.25, 0.3) is 0 Å². The fraction of sp³-hybridized carbons (Fsp3) is 0.455. The second-order valence-electron chi connectivity index (χ2n) is 4.30. The smallest absolute Gasteiger partial charge is 0.288 e. The number of aromatic hydroxyl groups is 1. The second kappa shape index (κ2) is 4.90. The number of carbonyl (C=O) groups excluding carboxylic acids is 1. The van der Waals surface area contributed by atoms with Crippen molar-refractivity contribution in [2.75, 3.05) is 33.0 Å². The van der Waals surface area contributed by atoms with Crippen LogP contribution in [0.2, 0.25) is 0 Å². The highest BCUT2D eigenvalue weighted by Gasteiger charge is 2.32. The largest absolute Gasteiger partial charge is 0.502 e. The number of amides is 1. The first kappa shape index (κ1) is 13.4. The van der Waals surface area contributed by atoms with E-state index in [9.17, 15) is 14.7 Å². The fourth-order valence-corrected chi connectivity index (χ4v) is 2.03. The number of aromatic nitrogens is 1. The van der Waals surface area contributed by atoms with Crippen LogP contribution in [0.15, 0.2) is 11.0 Å². The van der Waals surface area contributed by atoms with Gasteiger partial charge in [0, 0.05) is 20.4 Å². The molecule has 0 spiro atoms. The molecule has 0 unspecified atom stereocenters. The Hall–Kier alpha value is -2.06. The van der Waals surface area contributed by atoms with E-state index in [4.69, 9.17) is 10.5 Å². The topological polar surface area (TPSA) is 101 Å². The molecule has 1 aliphatic heterocycles. The number of hydrogen-bond acceptors (Lipinski definition) is 6. The van der Waals surface area contributed by atoms with Crippen LogP contribution in [-0.4, -0.2) is 52.9 Å². The lowest BCUT2D eigenvalue weighted by atomic mass is 10.2. The molecule has 0 radical (unpaired) electrons. The molecule has 1 aromatic rings. The Morgan fingerprint density at radius 3 is 2.79 bits per heavy atom. The van der Waals surface area contributed by atoms with Crippen LogP contribution < -0.4 is 11.2 Å². The Morgan fingerprint density at radius 2 is 2.16 bits per heavy atom. The van der Waals surface area contributed by atoms with E-state index in [0.717, 1.165) is 0 Å². The lowest BCUT2D eigenvalue weighted by molar-refractivity contribution is -0.0359. The van der Waals surface area contributed by atoms with E-state index in [1.807, 2.05) is 0 Å². The number of rotatable bonds is 3. The van der Waals surface area contributed by atoms with E-state index >= 15 is 0 Å². The van der Waals surface area contributed by atoms with Crippen LogP contribution in [-0.2, 0) is 11.4 Å². The summed E-state index contributed by atoms with van der Waals surface area (Å²) in [6.45, 7) is 1.00. The van der Waals surface area contributed by atoms with Crippen LogP contribution in [0, 0.1) is 0 Å². The van der Waals surface area contributed by atoms with Crippen molar-refractivity contribution in [3.05, 3.63) is 22.1 Å². The van der Waals surface area contributed by atoms with E-state index in [0.29, 0.717) is 19.8 Å². The van der Waals surface area contributed by atoms with Gasteiger partial charge in [-0.2, -0.15) is 0 Å². The zero-order valence-corrected chi connectivity index (χ0v) is 10.8. The number of fused-ring (bicyclic) bond motifs is 1. The molecule has 0 bridgehead atoms. The van der Waals surface area contributed by atoms with Gasteiger partial charge in [-0.3, -0.25) is 14.6 Å². The summed E-state index contributed by atoms with van der Waals surface area (Å²) in [6.07, 6.45) is 1.36. The number of ether oxygens (including phenoxy) is 1. The van der Waals surface area contributed by atoms with E-state index in [1.165, 1.54) is 22.9 Å². The van der Waals surface area contributed by atoms with Gasteiger partial charge in [0.15, 0.2) is 11.4 Å². The van der Waals surface area contributed by atoms with E-state index < -0.39 is 17.1 Å². The molecule has 104 valence electrons. The summed E-state index contributed by atoms with van der Waals surface area (Å²) in [4.78, 5) is 23.9. The summed E-state index contributed by atoms with van der Waals surface area (Å²) in [5, 5.41) is 12.9. The maximum absolute atomic E-state index is 12.3. The Kier molecular flexibility index (Phi) is 3.45. The average molecular weight is 268 g/mol. The summed E-state index contributed by atoms with van der Waals surface area (Å²) < 4.78 is 6.39. The third kappa shape index (κ3) is 2.15. The third-order valence-electron chi connectivity index (χ3n) is 3.00. The van der Waals surface area contributed by atoms with Crippen molar-refractivity contribution in [2.45, 2.75) is 6.67 Å². The van der Waals surface area contributed by atoms with Crippen molar-refractivity contribution in [1.82, 2.24) is 14.6 Å². The molecule has 8 nitrogen and oxygen atoms in total. The molecule has 0 saturated heterocycles. The molecule has 0 fully saturated rings. The minimum atomic E-state index is -0.726. The van der Waals surface area contributed by atoms with Gasteiger partial charge in [0.2, 0.25) is 5.43 Å². The van der Waals surface area contributed by atoms with Gasteiger partial charge in [0.1, 0.15) is 5.69 Å². The minimum Gasteiger partial charge on any atom is -0.502 e. The standard InChI is InChI=1S/C11H16N4O4/c1-13-6-14-5-7(12)9(16)10(17)8(14)11(18)15(13)3-4-19-2/h5,17H,3-4,6,12H2,1-2H3. The summed E-state index contributed by atoms with van der Waals surface area (Å²) in [5.41, 5.74) is 4.63. The van der Waals surface area contributed by atoms with Crippen LogP contribution >= 0.6 is 0 Å². The SMILES string of the molecule is COCCN1C(=O)c2c(O)c(=O)c(N)cn2CN1C. The molecule has 2 heterocycles. The number of nitrogen functional groups attached to an aromatic ring is 1. The van der Waals surface area contributed by atoms with Gasteiger partial charge in [0.05, 0.1) is 19.8 Å². The van der Waals surface area contributed by atoms with Crippen LogP contribution in [0.1, 0.15) is 10.5 Å². The number of hydrogen-bond donors (Lipinski definition) is 2. The monoisotopic (exact) mass is 268 g/mol. The predicted octanol–water partition coefficient (Wildman–Crippen LogP) is -0.957. The summed E-state index contributed by atoms with van der Waals surface area (Å²) in [7, 11) is 3.26. The Labute approximate surface area is 109 Å². The zero-order valence-electron chi connectivity index (χ0n) is 10.8. The molecule has 0 saturated carbocycles. The Balaban J connectivity index is 2.47. The lowest BCUT2D eigenvalue weighted by Gasteiger charge is -2.37. The minimum absolute atomic E-state index is 0.0478. The Bertz CT molecular complexity index is 569. The van der Waals surface area contributed by atoms with Gasteiger partial charge >= 0.3 is 0 Å². The molecule has 8 heteroatoms. The summed E-state index contributed by atoms with van der Waals surface area (Å²) >= 11 is 0. The first-order valence-corrected chi connectivity index (χ1v) is 5.71. The van der Waals surface area contributed by atoms with Crippen molar-refractivity contribution in [1.29, 1.82) is 0 Å². The highest BCUT2D eigenvalue weighted by atomic mass is 16.5. The normalized spacial score (nSPS) is 15.7. The van der Waals surface area contributed by atoms with Crippen LogP contribution in [0.3, 0.4) is 0 Å². The average Bonchev–Trinajstić information content (AvgIpc) is 2.35. The first-order chi connectivity index (χ1) is 8.97. The van der Waals surface area contributed by atoms with Crippen molar-refractivity contribution in [3.63, 3.8) is 0 Å². The molecular formula is C11H16N4O4. The van der Waals surface area contributed by atoms with Crippen LogP contribution in [0.5, 0.6) is 5.75 Å². The molecule has 2 rings (SSSR count). The number of nitrogens with two attached hydrogens (primary N) is 1.